The van der Waals surface area contributed by atoms with Gasteiger partial charge in [-0.05, 0) is 12.8 Å². The Kier molecular flexibility index (Phi) is 2.19. The van der Waals surface area contributed by atoms with Gasteiger partial charge in [-0.15, -0.1) is 10.2 Å². The molecule has 0 aromatic carbocycles. The van der Waals surface area contributed by atoms with E-state index in [9.17, 15) is 4.79 Å². The number of carbonyl (C=O) groups excluding carboxylic acids is 1. The zero-order valence-corrected chi connectivity index (χ0v) is 9.52. The second kappa shape index (κ2) is 3.57. The van der Waals surface area contributed by atoms with E-state index in [0.717, 1.165) is 24.7 Å². The van der Waals surface area contributed by atoms with Crippen molar-refractivity contribution in [2.75, 3.05) is 6.54 Å². The first kappa shape index (κ1) is 9.81. The number of rotatable bonds is 2. The van der Waals surface area contributed by atoms with Gasteiger partial charge in [0.2, 0.25) is 5.91 Å². The number of hydrogen-bond acceptors (Lipinski definition) is 3. The molecule has 1 aromatic rings. The molecule has 1 aromatic heterocycles. The highest BCUT2D eigenvalue weighted by Gasteiger charge is 2.32. The van der Waals surface area contributed by atoms with Gasteiger partial charge in [0, 0.05) is 25.4 Å². The van der Waals surface area contributed by atoms with E-state index in [2.05, 4.69) is 14.8 Å². The van der Waals surface area contributed by atoms with Gasteiger partial charge in [-0.2, -0.15) is 0 Å². The lowest BCUT2D eigenvalue weighted by Crippen LogP contribution is -2.38. The van der Waals surface area contributed by atoms with Crippen molar-refractivity contribution in [1.82, 2.24) is 19.7 Å². The lowest BCUT2D eigenvalue weighted by Gasteiger charge is -2.27. The van der Waals surface area contributed by atoms with E-state index in [1.165, 1.54) is 12.8 Å². The maximum Gasteiger partial charge on any atom is 0.222 e. The first-order chi connectivity index (χ1) is 7.79. The SMILES string of the molecule is CCC(=O)N1CCn2c(nnc2C2CC2)C1. The molecule has 1 aliphatic heterocycles. The quantitative estimate of drug-likeness (QED) is 0.744. The molecule has 16 heavy (non-hydrogen) atoms. The van der Waals surface area contributed by atoms with E-state index >= 15 is 0 Å². The number of amides is 1. The zero-order valence-electron chi connectivity index (χ0n) is 9.52. The third-order valence-corrected chi connectivity index (χ3v) is 3.38. The van der Waals surface area contributed by atoms with Crippen LogP contribution >= 0.6 is 0 Å². The minimum atomic E-state index is 0.210. The molecule has 5 heteroatoms. The number of aromatic nitrogens is 3. The summed E-state index contributed by atoms with van der Waals surface area (Å²) in [5, 5.41) is 8.46. The van der Waals surface area contributed by atoms with Crippen LogP contribution in [0.4, 0.5) is 0 Å². The van der Waals surface area contributed by atoms with E-state index < -0.39 is 0 Å². The van der Waals surface area contributed by atoms with Gasteiger partial charge < -0.3 is 9.47 Å². The summed E-state index contributed by atoms with van der Waals surface area (Å²) in [6, 6.07) is 0. The van der Waals surface area contributed by atoms with E-state index in [-0.39, 0.29) is 5.91 Å². The van der Waals surface area contributed by atoms with Crippen molar-refractivity contribution in [2.24, 2.45) is 0 Å². The highest BCUT2D eigenvalue weighted by Crippen LogP contribution is 2.39. The van der Waals surface area contributed by atoms with Crippen molar-refractivity contribution in [1.29, 1.82) is 0 Å². The van der Waals surface area contributed by atoms with Gasteiger partial charge in [0.25, 0.3) is 0 Å². The molecule has 0 unspecified atom stereocenters. The molecular weight excluding hydrogens is 204 g/mol. The van der Waals surface area contributed by atoms with Gasteiger partial charge in [-0.25, -0.2) is 0 Å². The first-order valence-corrected chi connectivity index (χ1v) is 5.99. The molecule has 1 aliphatic carbocycles. The summed E-state index contributed by atoms with van der Waals surface area (Å²) in [6.45, 7) is 4.20. The van der Waals surface area contributed by atoms with Gasteiger partial charge in [-0.1, -0.05) is 6.92 Å². The van der Waals surface area contributed by atoms with Gasteiger partial charge in [-0.3, -0.25) is 4.79 Å². The Morgan fingerprint density at radius 3 is 2.88 bits per heavy atom. The molecule has 0 saturated heterocycles. The molecule has 0 atom stereocenters. The second-order valence-electron chi connectivity index (χ2n) is 4.57. The molecule has 2 heterocycles. The summed E-state index contributed by atoms with van der Waals surface area (Å²) in [5.41, 5.74) is 0. The molecule has 1 fully saturated rings. The molecule has 1 saturated carbocycles. The van der Waals surface area contributed by atoms with Crippen LogP contribution < -0.4 is 0 Å². The Bertz CT molecular complexity index is 422. The van der Waals surface area contributed by atoms with E-state index in [1.807, 2.05) is 11.8 Å². The molecule has 0 radical (unpaired) electrons. The largest absolute Gasteiger partial charge is 0.333 e. The van der Waals surface area contributed by atoms with Gasteiger partial charge in [0.15, 0.2) is 5.82 Å². The number of nitrogens with zero attached hydrogens (tertiary/aromatic N) is 4. The Balaban J connectivity index is 1.82. The summed E-state index contributed by atoms with van der Waals surface area (Å²) >= 11 is 0. The molecule has 3 rings (SSSR count). The summed E-state index contributed by atoms with van der Waals surface area (Å²) in [5.74, 6) is 2.94. The molecule has 86 valence electrons. The standard InChI is InChI=1S/C11H16N4O/c1-2-10(16)14-5-6-15-9(7-14)12-13-11(15)8-3-4-8/h8H,2-7H2,1H3. The average molecular weight is 220 g/mol. The van der Waals surface area contributed by atoms with E-state index in [0.29, 0.717) is 18.9 Å². The zero-order chi connectivity index (χ0) is 11.1. The third-order valence-electron chi connectivity index (χ3n) is 3.38. The van der Waals surface area contributed by atoms with Crippen LogP contribution in [0.3, 0.4) is 0 Å². The van der Waals surface area contributed by atoms with Gasteiger partial charge >= 0.3 is 0 Å². The Morgan fingerprint density at radius 2 is 2.19 bits per heavy atom. The van der Waals surface area contributed by atoms with Crippen molar-refractivity contribution in [3.63, 3.8) is 0 Å². The predicted octanol–water partition coefficient (Wildman–Crippen LogP) is 0.908. The maximum atomic E-state index is 11.6. The van der Waals surface area contributed by atoms with E-state index in [1.54, 1.807) is 0 Å². The van der Waals surface area contributed by atoms with Crippen LogP contribution in [0.15, 0.2) is 0 Å². The number of carbonyl (C=O) groups is 1. The van der Waals surface area contributed by atoms with Crippen LogP contribution in [0.1, 0.15) is 43.8 Å². The van der Waals surface area contributed by atoms with Crippen LogP contribution in [0.5, 0.6) is 0 Å². The molecule has 5 nitrogen and oxygen atoms in total. The number of fused-ring (bicyclic) bond motifs is 1. The van der Waals surface area contributed by atoms with Gasteiger partial charge in [0.05, 0.1) is 6.54 Å². The second-order valence-corrected chi connectivity index (χ2v) is 4.57. The molecule has 0 N–H and O–H groups in total. The molecule has 2 aliphatic rings. The van der Waals surface area contributed by atoms with E-state index in [4.69, 9.17) is 0 Å². The molecule has 0 spiro atoms. The van der Waals surface area contributed by atoms with Crippen LogP contribution in [0.25, 0.3) is 0 Å². The van der Waals surface area contributed by atoms with Crippen molar-refractivity contribution in [3.05, 3.63) is 11.6 Å². The Morgan fingerprint density at radius 1 is 1.38 bits per heavy atom. The van der Waals surface area contributed by atoms with Crippen LogP contribution in [0.2, 0.25) is 0 Å². The molecule has 1 amide bonds. The summed E-state index contributed by atoms with van der Waals surface area (Å²) in [6.07, 6.45) is 3.06. The fourth-order valence-corrected chi connectivity index (χ4v) is 2.26. The van der Waals surface area contributed by atoms with Gasteiger partial charge in [0.1, 0.15) is 5.82 Å². The predicted molar refractivity (Wildman–Crippen MR) is 57.7 cm³/mol. The lowest BCUT2D eigenvalue weighted by molar-refractivity contribution is -0.132. The van der Waals surface area contributed by atoms with Crippen LogP contribution in [-0.2, 0) is 17.9 Å². The van der Waals surface area contributed by atoms with Crippen LogP contribution in [0, 0.1) is 0 Å². The maximum absolute atomic E-state index is 11.6. The number of hydrogen-bond donors (Lipinski definition) is 0. The highest BCUT2D eigenvalue weighted by atomic mass is 16.2. The summed E-state index contributed by atoms with van der Waals surface area (Å²) < 4.78 is 2.21. The minimum Gasteiger partial charge on any atom is -0.333 e. The fourth-order valence-electron chi connectivity index (χ4n) is 2.26. The lowest BCUT2D eigenvalue weighted by atomic mass is 10.3. The fraction of sp³-hybridized carbons (Fsp3) is 0.727. The average Bonchev–Trinajstić information content (AvgIpc) is 3.08. The molecule has 0 bridgehead atoms. The van der Waals surface area contributed by atoms with Crippen molar-refractivity contribution >= 4 is 5.91 Å². The van der Waals surface area contributed by atoms with Crippen molar-refractivity contribution < 1.29 is 4.79 Å². The Labute approximate surface area is 94.5 Å². The Hall–Kier alpha value is -1.39. The highest BCUT2D eigenvalue weighted by molar-refractivity contribution is 5.75. The topological polar surface area (TPSA) is 51.0 Å². The smallest absolute Gasteiger partial charge is 0.222 e. The molecular formula is C11H16N4O. The summed E-state index contributed by atoms with van der Waals surface area (Å²) in [4.78, 5) is 13.5. The van der Waals surface area contributed by atoms with Crippen molar-refractivity contribution in [2.45, 2.75) is 45.2 Å². The normalized spacial score (nSPS) is 19.7. The minimum absolute atomic E-state index is 0.210. The monoisotopic (exact) mass is 220 g/mol. The van der Waals surface area contributed by atoms with Crippen LogP contribution in [-0.4, -0.2) is 32.1 Å². The summed E-state index contributed by atoms with van der Waals surface area (Å²) in [7, 11) is 0. The first-order valence-electron chi connectivity index (χ1n) is 5.99. The van der Waals surface area contributed by atoms with Crippen molar-refractivity contribution in [3.8, 4) is 0 Å². The third kappa shape index (κ3) is 1.50.